The van der Waals surface area contributed by atoms with Crippen molar-refractivity contribution in [2.75, 3.05) is 38.2 Å². The van der Waals surface area contributed by atoms with Crippen molar-refractivity contribution in [3.8, 4) is 0 Å². The van der Waals surface area contributed by atoms with Gasteiger partial charge in [0.2, 0.25) is 0 Å². The van der Waals surface area contributed by atoms with Crippen LogP contribution in [0, 0.1) is 0 Å². The van der Waals surface area contributed by atoms with Crippen molar-refractivity contribution in [3.05, 3.63) is 240 Å². The lowest BCUT2D eigenvalue weighted by Crippen LogP contribution is -2.71. The molecule has 5 aliphatic rings. The molecule has 4 aliphatic heterocycles. The number of nitrogens with zero attached hydrogens (tertiary/aromatic N) is 1. The minimum absolute atomic E-state index is 0.0612. The van der Waals surface area contributed by atoms with Gasteiger partial charge in [0.1, 0.15) is 124 Å². The van der Waals surface area contributed by atoms with Crippen molar-refractivity contribution in [3.63, 3.8) is 0 Å². The smallest absolute Gasteiger partial charge is 0.407 e. The van der Waals surface area contributed by atoms with Crippen LogP contribution in [0.4, 0.5) is 29.8 Å². The first kappa shape index (κ1) is 84.7. The van der Waals surface area contributed by atoms with Gasteiger partial charge in [-0.25, -0.2) is 29.0 Å². The predicted molar refractivity (Wildman–Crippen MR) is 414 cm³/mol. The fourth-order valence-corrected chi connectivity index (χ4v) is 14.5. The molecule has 10 N–H and O–H groups in total. The lowest BCUT2D eigenvalue weighted by molar-refractivity contribution is -0.358. The number of fused-ring (bicyclic) bond motifs is 1. The second kappa shape index (κ2) is 40.7. The zero-order valence-corrected chi connectivity index (χ0v) is 65.4. The SMILES string of the molecule is CC(C)(C)[Si](C)(C)OC[C@H]1O[C@@H](O[C@@H]2[C@@H](O)[C@H](NC(=O)OCc3ccccc3)C[C@H](NC(=O)OCc3ccccc3)[C@H]2O[C@H]2O[C@@H]3COC(c4ccccc4)O[C@H]3[C@H](O)[C@H]2NC(=O)OCc2ccccc2)[C@H](OCCNc2ccccn2)[C@@H]1O[C@H]1O[C@@H](CNC(=O)OCc2ccccc2)[C@@H](O)[C@H](O)[C@H]1NC(=O)OCc1ccccc1. The van der Waals surface area contributed by atoms with Crippen LogP contribution < -0.4 is 31.9 Å². The number of benzene rings is 6. The van der Waals surface area contributed by atoms with Gasteiger partial charge in [0.25, 0.3) is 0 Å². The summed E-state index contributed by atoms with van der Waals surface area (Å²) in [7, 11) is -2.82. The molecule has 12 rings (SSSR count). The Bertz CT molecular complexity index is 4160. The van der Waals surface area contributed by atoms with E-state index in [1.165, 1.54) is 0 Å². The first-order valence-electron chi connectivity index (χ1n) is 38.3. The van der Waals surface area contributed by atoms with Gasteiger partial charge >= 0.3 is 30.5 Å². The Labute approximate surface area is 667 Å². The van der Waals surface area contributed by atoms with E-state index >= 15 is 0 Å². The molecule has 32 heteroatoms. The zero-order chi connectivity index (χ0) is 80.9. The Balaban J connectivity index is 0.936. The number of hydrogen-bond acceptors (Lipinski definition) is 26. The molecule has 5 amide bonds. The average Bonchev–Trinajstić information content (AvgIpc) is 1.57. The molecule has 20 atom stereocenters. The molecule has 115 heavy (non-hydrogen) atoms. The van der Waals surface area contributed by atoms with Crippen LogP contribution in [-0.4, -0.2) is 213 Å². The Hall–Kier alpha value is -9.72. The number of rotatable bonds is 31. The molecular weight excluding hydrogens is 1510 g/mol. The molecule has 5 heterocycles. The molecule has 0 radical (unpaired) electrons. The number of carbonyl (C=O) groups is 5. The fourth-order valence-electron chi connectivity index (χ4n) is 13.5. The maximum atomic E-state index is 14.7. The van der Waals surface area contributed by atoms with E-state index in [0.717, 1.165) is 0 Å². The number of amides is 5. The van der Waals surface area contributed by atoms with Gasteiger partial charge in [-0.1, -0.05) is 209 Å². The highest BCUT2D eigenvalue weighted by Crippen LogP contribution is 2.42. The van der Waals surface area contributed by atoms with Gasteiger partial charge in [0.05, 0.1) is 31.9 Å². The lowest BCUT2D eigenvalue weighted by atomic mass is 9.83. The van der Waals surface area contributed by atoms with E-state index in [-0.39, 0.29) is 65.8 Å². The van der Waals surface area contributed by atoms with Crippen LogP contribution in [0.25, 0.3) is 0 Å². The maximum Gasteiger partial charge on any atom is 0.407 e. The van der Waals surface area contributed by atoms with Crippen LogP contribution in [0.2, 0.25) is 18.1 Å². The number of aliphatic hydroxyl groups is 4. The number of ether oxygens (including phenoxy) is 14. The highest BCUT2D eigenvalue weighted by atomic mass is 28.4. The Morgan fingerprint density at radius 1 is 0.470 bits per heavy atom. The summed E-state index contributed by atoms with van der Waals surface area (Å²) >= 11 is 0. The first-order valence-corrected chi connectivity index (χ1v) is 41.2. The van der Waals surface area contributed by atoms with Crippen molar-refractivity contribution in [1.29, 1.82) is 0 Å². The van der Waals surface area contributed by atoms with Gasteiger partial charge in [0.15, 0.2) is 33.5 Å². The fraction of sp³-hybridized carbons (Fsp3) is 0.446. The van der Waals surface area contributed by atoms with Crippen molar-refractivity contribution < 1.29 is 115 Å². The number of pyridine rings is 1. The topological polar surface area (TPSA) is 390 Å². The molecule has 5 fully saturated rings. The summed E-state index contributed by atoms with van der Waals surface area (Å²) in [4.78, 5) is 75.3. The lowest BCUT2D eigenvalue weighted by Gasteiger charge is -2.51. The van der Waals surface area contributed by atoms with Gasteiger partial charge in [-0.3, -0.25) is 0 Å². The van der Waals surface area contributed by atoms with Gasteiger partial charge in [-0.2, -0.15) is 0 Å². The molecule has 1 unspecified atom stereocenters. The molecule has 0 bridgehead atoms. The molecule has 1 saturated carbocycles. The number of nitrogens with one attached hydrogen (secondary N) is 6. The monoisotopic (exact) mass is 1610 g/mol. The van der Waals surface area contributed by atoms with Crippen molar-refractivity contribution >= 4 is 44.6 Å². The molecule has 1 aromatic heterocycles. The molecule has 4 saturated heterocycles. The first-order chi connectivity index (χ1) is 55.6. The summed E-state index contributed by atoms with van der Waals surface area (Å²) in [6.07, 6.45) is -29.2. The largest absolute Gasteiger partial charge is 0.445 e. The summed E-state index contributed by atoms with van der Waals surface area (Å²) in [5.41, 5.74) is 3.82. The molecule has 7 aromatic rings. The van der Waals surface area contributed by atoms with Gasteiger partial charge < -0.3 is 123 Å². The quantitative estimate of drug-likeness (QED) is 0.0111. The van der Waals surface area contributed by atoms with Crippen LogP contribution in [0.15, 0.2) is 206 Å². The Morgan fingerprint density at radius 3 is 1.43 bits per heavy atom. The molecule has 1 aliphatic carbocycles. The van der Waals surface area contributed by atoms with Crippen molar-refractivity contribution in [2.24, 2.45) is 0 Å². The molecular formula is C83H101N7O24Si. The van der Waals surface area contributed by atoms with E-state index in [4.69, 9.17) is 70.7 Å². The number of hydrogen-bond donors (Lipinski definition) is 10. The van der Waals surface area contributed by atoms with E-state index in [1.54, 1.807) is 194 Å². The molecule has 6 aromatic carbocycles. The number of aliphatic hydroxyl groups excluding tert-OH is 4. The van der Waals surface area contributed by atoms with Gasteiger partial charge in [-0.15, -0.1) is 0 Å². The maximum absolute atomic E-state index is 14.7. The summed E-state index contributed by atoms with van der Waals surface area (Å²) in [5, 5.41) is 67.2. The van der Waals surface area contributed by atoms with Crippen LogP contribution in [-0.2, 0) is 104 Å². The van der Waals surface area contributed by atoms with Gasteiger partial charge in [0, 0.05) is 24.8 Å². The number of anilines is 1. The minimum atomic E-state index is -2.82. The van der Waals surface area contributed by atoms with Crippen molar-refractivity contribution in [1.82, 2.24) is 31.6 Å². The van der Waals surface area contributed by atoms with Crippen LogP contribution in [0.3, 0.4) is 0 Å². The van der Waals surface area contributed by atoms with Gasteiger partial charge in [-0.05, 0) is 64.5 Å². The standard InChI is InChI=1S/C83H101N7O24Si/c1-83(2,3)115(4,5)107-50-61-71(113-75-63(89-81(98)105-47-54-32-18-9-19-33-54)67(93)66(92)59(108-75)43-86-78(95)102-44-51-26-12-6-13-27-51)73(100-41-40-85-62-38-24-25-39-84-62)77(110-61)114-72-65(91)57(87-79(96)103-45-52-28-14-7-15-29-52)42-58(88-80(97)104-46-53-30-16-8-17-31-53)69(72)111-76-64(90-82(99)106-48-55-34-20-10-21-35-55)68(94)70-60(109-76)49-101-74(112-70)56-36-22-11-23-37-56/h6-39,57-61,63-77,91-94H,40-50H2,1-5H3,(H,84,85)(H,86,95)(H,87,96)(H,88,97)(H,89,98)(H,90,99)/t57-,58+,59+,60-,61-,63-,64-,65+,66-,67-,68-,69-,70-,71-,72-,73-,74?,75-,76-,77+/m1/s1. The average molecular weight is 1610 g/mol. The van der Waals surface area contributed by atoms with E-state index in [2.05, 4.69) is 36.9 Å². The summed E-state index contributed by atoms with van der Waals surface area (Å²) in [5.74, 6) is 0.475. The molecule has 31 nitrogen and oxygen atoms in total. The van der Waals surface area contributed by atoms with Crippen LogP contribution in [0.1, 0.15) is 66.9 Å². The van der Waals surface area contributed by atoms with E-state index in [0.29, 0.717) is 39.2 Å². The number of alkyl carbamates (subject to hydrolysis) is 5. The van der Waals surface area contributed by atoms with E-state index in [9.17, 15) is 44.4 Å². The summed E-state index contributed by atoms with van der Waals surface area (Å²) in [6.45, 7) is 8.07. The zero-order valence-electron chi connectivity index (χ0n) is 64.4. The second-order valence-corrected chi connectivity index (χ2v) is 34.7. The third-order valence-electron chi connectivity index (χ3n) is 20.7. The predicted octanol–water partition coefficient (Wildman–Crippen LogP) is 8.30. The number of aromatic nitrogens is 1. The number of carbonyl (C=O) groups excluding carboxylic acids is 5. The van der Waals surface area contributed by atoms with E-state index < -0.39 is 173 Å². The third kappa shape index (κ3) is 23.5. The normalized spacial score (nSPS) is 27.9. The highest BCUT2D eigenvalue weighted by molar-refractivity contribution is 6.74. The van der Waals surface area contributed by atoms with Crippen molar-refractivity contribution in [2.45, 2.75) is 201 Å². The van der Waals surface area contributed by atoms with Crippen LogP contribution >= 0.6 is 0 Å². The third-order valence-corrected chi connectivity index (χ3v) is 25.2. The summed E-state index contributed by atoms with van der Waals surface area (Å²) in [6, 6.07) is 52.4. The highest BCUT2D eigenvalue weighted by Gasteiger charge is 2.59. The molecule has 0 spiro atoms. The molecule has 616 valence electrons. The van der Waals surface area contributed by atoms with Crippen LogP contribution in [0.5, 0.6) is 0 Å². The van der Waals surface area contributed by atoms with E-state index in [1.807, 2.05) is 46.0 Å². The summed E-state index contributed by atoms with van der Waals surface area (Å²) < 4.78 is 97.4. The minimum Gasteiger partial charge on any atom is -0.445 e. The Morgan fingerprint density at radius 2 is 0.922 bits per heavy atom. The Kier molecular flexibility index (Phi) is 30.0. The second-order valence-electron chi connectivity index (χ2n) is 29.9.